The third-order valence-corrected chi connectivity index (χ3v) is 3.83. The molecule has 126 valence electrons. The van der Waals surface area contributed by atoms with Gasteiger partial charge in [0.2, 0.25) is 0 Å². The summed E-state index contributed by atoms with van der Waals surface area (Å²) in [4.78, 5) is 11.8. The Bertz CT molecular complexity index is 788. The van der Waals surface area contributed by atoms with E-state index in [1.165, 1.54) is 6.21 Å². The molecule has 0 atom stereocenters. The Morgan fingerprint density at radius 3 is 2.71 bits per heavy atom. The van der Waals surface area contributed by atoms with Crippen LogP contribution in [-0.4, -0.2) is 23.8 Å². The van der Waals surface area contributed by atoms with E-state index in [4.69, 9.17) is 4.74 Å². The molecule has 0 aromatic heterocycles. The van der Waals surface area contributed by atoms with Crippen molar-refractivity contribution in [2.75, 3.05) is 6.61 Å². The summed E-state index contributed by atoms with van der Waals surface area (Å²) in [6.45, 7) is 5.58. The number of ether oxygens (including phenoxy) is 1. The summed E-state index contributed by atoms with van der Waals surface area (Å²) >= 11 is 3.35. The molecule has 0 bridgehead atoms. The zero-order chi connectivity index (χ0) is 17.7. The standard InChI is InChI=1S/C18H19BrN2O3/c1-11-4-5-16(12(2)6-11)24-10-17(22)21-20-9-14-8-15(19)7-13(3)18(14)23/h4-9,23H,10H2,1-3H3,(H,21,22)/b20-9+. The molecule has 0 heterocycles. The van der Waals surface area contributed by atoms with Crippen LogP contribution < -0.4 is 10.2 Å². The molecule has 0 aliphatic rings. The van der Waals surface area contributed by atoms with Crippen LogP contribution in [0.4, 0.5) is 0 Å². The van der Waals surface area contributed by atoms with Gasteiger partial charge in [-0.05, 0) is 50.1 Å². The number of phenolic OH excluding ortho intramolecular Hbond substituents is 1. The first kappa shape index (κ1) is 18.0. The van der Waals surface area contributed by atoms with Crippen LogP contribution in [-0.2, 0) is 4.79 Å². The Labute approximate surface area is 149 Å². The summed E-state index contributed by atoms with van der Waals surface area (Å²) in [7, 11) is 0. The highest BCUT2D eigenvalue weighted by molar-refractivity contribution is 9.10. The van der Waals surface area contributed by atoms with Crippen molar-refractivity contribution in [1.82, 2.24) is 5.43 Å². The van der Waals surface area contributed by atoms with Crippen molar-refractivity contribution in [1.29, 1.82) is 0 Å². The van der Waals surface area contributed by atoms with Gasteiger partial charge in [-0.25, -0.2) is 5.43 Å². The second kappa shape index (κ2) is 7.97. The SMILES string of the molecule is Cc1ccc(OCC(=O)N/N=C/c2cc(Br)cc(C)c2O)c(C)c1. The van der Waals surface area contributed by atoms with Crippen molar-refractivity contribution >= 4 is 28.1 Å². The van der Waals surface area contributed by atoms with E-state index in [-0.39, 0.29) is 18.3 Å². The first-order valence-corrected chi connectivity index (χ1v) is 8.17. The van der Waals surface area contributed by atoms with Crippen LogP contribution in [0.1, 0.15) is 22.3 Å². The lowest BCUT2D eigenvalue weighted by atomic mass is 10.1. The van der Waals surface area contributed by atoms with Crippen LogP contribution in [0.5, 0.6) is 11.5 Å². The van der Waals surface area contributed by atoms with Crippen molar-refractivity contribution in [2.24, 2.45) is 5.10 Å². The Kier molecular flexibility index (Phi) is 5.98. The maximum absolute atomic E-state index is 11.8. The molecule has 1 amide bonds. The number of aryl methyl sites for hydroxylation is 3. The summed E-state index contributed by atoms with van der Waals surface area (Å²) in [6, 6.07) is 9.26. The largest absolute Gasteiger partial charge is 0.507 e. The molecule has 0 aliphatic carbocycles. The van der Waals surface area contributed by atoms with Gasteiger partial charge in [-0.1, -0.05) is 33.6 Å². The van der Waals surface area contributed by atoms with Crippen molar-refractivity contribution < 1.29 is 14.6 Å². The number of phenols is 1. The van der Waals surface area contributed by atoms with Gasteiger partial charge in [0.1, 0.15) is 11.5 Å². The summed E-state index contributed by atoms with van der Waals surface area (Å²) in [5.74, 6) is 0.417. The Hall–Kier alpha value is -2.34. The molecule has 0 unspecified atom stereocenters. The molecule has 2 aromatic rings. The van der Waals surface area contributed by atoms with Gasteiger partial charge in [0.15, 0.2) is 6.61 Å². The molecule has 0 saturated heterocycles. The van der Waals surface area contributed by atoms with E-state index < -0.39 is 0 Å². The van der Waals surface area contributed by atoms with Crippen molar-refractivity contribution in [2.45, 2.75) is 20.8 Å². The molecule has 0 aliphatic heterocycles. The third kappa shape index (κ3) is 4.83. The summed E-state index contributed by atoms with van der Waals surface area (Å²) in [6.07, 6.45) is 1.39. The monoisotopic (exact) mass is 390 g/mol. The fourth-order valence-corrected chi connectivity index (χ4v) is 2.76. The van der Waals surface area contributed by atoms with Gasteiger partial charge in [-0.2, -0.15) is 5.10 Å². The topological polar surface area (TPSA) is 70.9 Å². The predicted octanol–water partition coefficient (Wildman–Crippen LogP) is 3.61. The smallest absolute Gasteiger partial charge is 0.277 e. The molecule has 0 radical (unpaired) electrons. The van der Waals surface area contributed by atoms with Crippen LogP contribution in [0.15, 0.2) is 39.9 Å². The Balaban J connectivity index is 1.91. The molecule has 2 N–H and O–H groups in total. The van der Waals surface area contributed by atoms with Crippen LogP contribution in [0.2, 0.25) is 0 Å². The van der Waals surface area contributed by atoms with Gasteiger partial charge < -0.3 is 9.84 Å². The lowest BCUT2D eigenvalue weighted by Gasteiger charge is -2.08. The van der Waals surface area contributed by atoms with Crippen molar-refractivity contribution in [3.05, 3.63) is 57.1 Å². The fraction of sp³-hybridized carbons (Fsp3) is 0.222. The zero-order valence-corrected chi connectivity index (χ0v) is 15.3. The second-order valence-electron chi connectivity index (χ2n) is 5.51. The second-order valence-corrected chi connectivity index (χ2v) is 6.43. The normalized spacial score (nSPS) is 10.8. The summed E-state index contributed by atoms with van der Waals surface area (Å²) < 4.78 is 6.30. The number of aromatic hydroxyl groups is 1. The number of hydrazone groups is 1. The lowest BCUT2D eigenvalue weighted by molar-refractivity contribution is -0.123. The molecular formula is C18H19BrN2O3. The first-order valence-electron chi connectivity index (χ1n) is 7.38. The van der Waals surface area contributed by atoms with Gasteiger partial charge in [-0.3, -0.25) is 4.79 Å². The highest BCUT2D eigenvalue weighted by atomic mass is 79.9. The first-order chi connectivity index (χ1) is 11.4. The molecule has 2 rings (SSSR count). The Morgan fingerprint density at radius 2 is 2.00 bits per heavy atom. The number of nitrogens with zero attached hydrogens (tertiary/aromatic N) is 1. The minimum atomic E-state index is -0.377. The summed E-state index contributed by atoms with van der Waals surface area (Å²) in [5.41, 5.74) is 5.72. The molecule has 5 nitrogen and oxygen atoms in total. The van der Waals surface area contributed by atoms with E-state index >= 15 is 0 Å². The van der Waals surface area contributed by atoms with Crippen LogP contribution in [0.3, 0.4) is 0 Å². The molecule has 6 heteroatoms. The van der Waals surface area contributed by atoms with Gasteiger partial charge in [-0.15, -0.1) is 0 Å². The van der Waals surface area contributed by atoms with Crippen molar-refractivity contribution in [3.63, 3.8) is 0 Å². The van der Waals surface area contributed by atoms with E-state index in [1.54, 1.807) is 19.1 Å². The maximum Gasteiger partial charge on any atom is 0.277 e. The van der Waals surface area contributed by atoms with E-state index in [0.29, 0.717) is 11.3 Å². The zero-order valence-electron chi connectivity index (χ0n) is 13.8. The van der Waals surface area contributed by atoms with E-state index in [9.17, 15) is 9.90 Å². The van der Waals surface area contributed by atoms with Crippen molar-refractivity contribution in [3.8, 4) is 11.5 Å². The number of amides is 1. The van der Waals surface area contributed by atoms with Crippen LogP contribution in [0.25, 0.3) is 0 Å². The number of nitrogens with one attached hydrogen (secondary N) is 1. The average Bonchev–Trinajstić information content (AvgIpc) is 2.51. The van der Waals surface area contributed by atoms with Gasteiger partial charge in [0.05, 0.1) is 6.21 Å². The number of hydrogen-bond donors (Lipinski definition) is 2. The predicted molar refractivity (Wildman–Crippen MR) is 97.7 cm³/mol. The molecule has 0 saturated carbocycles. The molecular weight excluding hydrogens is 372 g/mol. The van der Waals surface area contributed by atoms with Crippen LogP contribution in [0, 0.1) is 20.8 Å². The summed E-state index contributed by atoms with van der Waals surface area (Å²) in [5, 5.41) is 13.8. The van der Waals surface area contributed by atoms with E-state index in [1.807, 2.05) is 32.0 Å². The fourth-order valence-electron chi connectivity index (χ4n) is 2.17. The third-order valence-electron chi connectivity index (χ3n) is 3.38. The lowest BCUT2D eigenvalue weighted by Crippen LogP contribution is -2.24. The van der Waals surface area contributed by atoms with Gasteiger partial charge in [0, 0.05) is 10.0 Å². The van der Waals surface area contributed by atoms with Crippen LogP contribution >= 0.6 is 15.9 Å². The number of halogens is 1. The number of carbonyl (C=O) groups excluding carboxylic acids is 1. The number of hydrogen-bond acceptors (Lipinski definition) is 4. The molecule has 0 fully saturated rings. The minimum absolute atomic E-state index is 0.128. The Morgan fingerprint density at radius 1 is 1.25 bits per heavy atom. The van der Waals surface area contributed by atoms with Gasteiger partial charge >= 0.3 is 0 Å². The van der Waals surface area contributed by atoms with Gasteiger partial charge in [0.25, 0.3) is 5.91 Å². The number of carbonyl (C=O) groups is 1. The number of benzene rings is 2. The minimum Gasteiger partial charge on any atom is -0.507 e. The number of rotatable bonds is 5. The average molecular weight is 391 g/mol. The maximum atomic E-state index is 11.8. The quantitative estimate of drug-likeness (QED) is 0.604. The van der Waals surface area contributed by atoms with E-state index in [0.717, 1.165) is 21.2 Å². The van der Waals surface area contributed by atoms with E-state index in [2.05, 4.69) is 26.5 Å². The highest BCUT2D eigenvalue weighted by Crippen LogP contribution is 2.25. The molecule has 0 spiro atoms. The highest BCUT2D eigenvalue weighted by Gasteiger charge is 2.06. The molecule has 2 aromatic carbocycles. The molecule has 24 heavy (non-hydrogen) atoms.